The minimum absolute atomic E-state index is 0.117. The van der Waals surface area contributed by atoms with E-state index in [-0.39, 0.29) is 24.5 Å². The molecule has 0 aliphatic rings. The van der Waals surface area contributed by atoms with Crippen LogP contribution >= 0.6 is 11.3 Å². The minimum Gasteiger partial charge on any atom is -0.304 e. The number of carbonyl (C=O) groups is 1. The summed E-state index contributed by atoms with van der Waals surface area (Å²) in [6, 6.07) is 0.279. The smallest absolute Gasteiger partial charge is 0.240 e. The number of carbonyl (C=O) groups excluding carboxylic acids is 1. The van der Waals surface area contributed by atoms with Gasteiger partial charge in [-0.25, -0.2) is 0 Å². The van der Waals surface area contributed by atoms with Crippen LogP contribution in [0.2, 0.25) is 0 Å². The number of anilines is 1. The van der Waals surface area contributed by atoms with Gasteiger partial charge in [-0.05, 0) is 33.3 Å². The summed E-state index contributed by atoms with van der Waals surface area (Å²) < 4.78 is 1.90. The number of rotatable bonds is 6. The molecule has 0 radical (unpaired) electrons. The molecular formula is C13H20N6OS. The summed E-state index contributed by atoms with van der Waals surface area (Å²) in [6.45, 7) is 8.18. The van der Waals surface area contributed by atoms with Gasteiger partial charge in [0.25, 0.3) is 0 Å². The molecule has 0 bridgehead atoms. The monoisotopic (exact) mass is 308 g/mol. The molecular weight excluding hydrogens is 288 g/mol. The fraction of sp³-hybridized carbons (Fsp3) is 0.538. The highest BCUT2D eigenvalue weighted by Gasteiger charge is 2.16. The molecule has 7 nitrogen and oxygen atoms in total. The van der Waals surface area contributed by atoms with Gasteiger partial charge in [-0.15, -0.1) is 10.2 Å². The Morgan fingerprint density at radius 1 is 1.38 bits per heavy atom. The van der Waals surface area contributed by atoms with E-state index in [2.05, 4.69) is 32.9 Å². The molecule has 21 heavy (non-hydrogen) atoms. The first-order valence-corrected chi connectivity index (χ1v) is 7.61. The lowest BCUT2D eigenvalue weighted by Gasteiger charge is -2.21. The number of aryl methyl sites for hydroxylation is 2. The summed E-state index contributed by atoms with van der Waals surface area (Å²) in [5.74, 6) is -0.123. The Hall–Kier alpha value is -1.80. The van der Waals surface area contributed by atoms with Crippen molar-refractivity contribution < 1.29 is 4.79 Å². The molecule has 0 saturated carbocycles. The second kappa shape index (κ2) is 6.77. The number of nitrogens with one attached hydrogen (secondary N) is 2. The van der Waals surface area contributed by atoms with Gasteiger partial charge in [0.15, 0.2) is 0 Å². The van der Waals surface area contributed by atoms with E-state index in [9.17, 15) is 4.79 Å². The molecule has 8 heteroatoms. The average molecular weight is 308 g/mol. The van der Waals surface area contributed by atoms with Crippen LogP contribution in [0.25, 0.3) is 0 Å². The average Bonchev–Trinajstić information content (AvgIpc) is 3.04. The van der Waals surface area contributed by atoms with E-state index in [1.54, 1.807) is 0 Å². The Balaban J connectivity index is 1.80. The molecule has 0 aromatic carbocycles. The summed E-state index contributed by atoms with van der Waals surface area (Å²) in [7, 11) is 0. The Morgan fingerprint density at radius 2 is 2.14 bits per heavy atom. The van der Waals surface area contributed by atoms with Gasteiger partial charge in [-0.2, -0.15) is 5.10 Å². The van der Waals surface area contributed by atoms with E-state index >= 15 is 0 Å². The van der Waals surface area contributed by atoms with Gasteiger partial charge in [0.05, 0.1) is 18.8 Å². The Bertz CT molecular complexity index is 607. The highest BCUT2D eigenvalue weighted by molar-refractivity contribution is 7.15. The SMILES string of the molecule is Cc1cnn([C@@H](C)[C@@H](C)NCC(=O)Nc2nnc(C)s2)c1. The number of nitrogens with zero attached hydrogens (tertiary/aromatic N) is 4. The molecule has 2 N–H and O–H groups in total. The van der Waals surface area contributed by atoms with E-state index in [1.165, 1.54) is 11.3 Å². The summed E-state index contributed by atoms with van der Waals surface area (Å²) in [5, 5.41) is 19.3. The van der Waals surface area contributed by atoms with E-state index in [4.69, 9.17) is 0 Å². The molecule has 0 spiro atoms. The zero-order chi connectivity index (χ0) is 15.4. The van der Waals surface area contributed by atoms with Crippen molar-refractivity contribution in [3.05, 3.63) is 23.0 Å². The normalized spacial score (nSPS) is 13.9. The Morgan fingerprint density at radius 3 is 2.71 bits per heavy atom. The lowest BCUT2D eigenvalue weighted by molar-refractivity contribution is -0.115. The molecule has 2 atom stereocenters. The lowest BCUT2D eigenvalue weighted by atomic mass is 10.2. The first-order valence-electron chi connectivity index (χ1n) is 6.80. The van der Waals surface area contributed by atoms with Crippen molar-refractivity contribution in [3.8, 4) is 0 Å². The summed E-state index contributed by atoms with van der Waals surface area (Å²) in [6.07, 6.45) is 3.82. The maximum absolute atomic E-state index is 11.8. The second-order valence-electron chi connectivity index (χ2n) is 5.08. The molecule has 0 aliphatic heterocycles. The van der Waals surface area contributed by atoms with Gasteiger partial charge in [0.2, 0.25) is 11.0 Å². The summed E-state index contributed by atoms with van der Waals surface area (Å²) in [5.41, 5.74) is 1.12. The van der Waals surface area contributed by atoms with Crippen molar-refractivity contribution in [2.75, 3.05) is 11.9 Å². The molecule has 0 unspecified atom stereocenters. The van der Waals surface area contributed by atoms with Crippen LogP contribution in [0.15, 0.2) is 12.4 Å². The standard InChI is InChI=1S/C13H20N6OS/c1-8-5-15-19(7-8)10(3)9(2)14-6-12(20)16-13-18-17-11(4)21-13/h5,7,9-10,14H,6H2,1-4H3,(H,16,18,20)/t9-,10+/m1/s1. The van der Waals surface area contributed by atoms with E-state index in [0.717, 1.165) is 10.6 Å². The van der Waals surface area contributed by atoms with E-state index in [0.29, 0.717) is 5.13 Å². The van der Waals surface area contributed by atoms with Gasteiger partial charge in [0, 0.05) is 12.2 Å². The zero-order valence-corrected chi connectivity index (χ0v) is 13.4. The van der Waals surface area contributed by atoms with Crippen LogP contribution in [0.4, 0.5) is 5.13 Å². The van der Waals surface area contributed by atoms with Crippen LogP contribution in [-0.4, -0.2) is 38.5 Å². The van der Waals surface area contributed by atoms with Crippen LogP contribution in [0.1, 0.15) is 30.5 Å². The predicted octanol–water partition coefficient (Wildman–Crippen LogP) is 1.53. The number of hydrogen-bond acceptors (Lipinski definition) is 6. The van der Waals surface area contributed by atoms with Crippen molar-refractivity contribution in [3.63, 3.8) is 0 Å². The predicted molar refractivity (Wildman–Crippen MR) is 82.4 cm³/mol. The van der Waals surface area contributed by atoms with Gasteiger partial charge < -0.3 is 5.32 Å². The summed E-state index contributed by atoms with van der Waals surface area (Å²) >= 11 is 1.36. The molecule has 2 rings (SSSR count). The molecule has 0 saturated heterocycles. The van der Waals surface area contributed by atoms with Crippen molar-refractivity contribution in [2.45, 2.75) is 39.8 Å². The van der Waals surface area contributed by atoms with Crippen molar-refractivity contribution in [1.29, 1.82) is 0 Å². The molecule has 2 heterocycles. The zero-order valence-electron chi connectivity index (χ0n) is 12.6. The van der Waals surface area contributed by atoms with E-state index < -0.39 is 0 Å². The van der Waals surface area contributed by atoms with Crippen LogP contribution in [0.3, 0.4) is 0 Å². The fourth-order valence-electron chi connectivity index (χ4n) is 1.82. The first kappa shape index (κ1) is 15.6. The quantitative estimate of drug-likeness (QED) is 0.845. The second-order valence-corrected chi connectivity index (χ2v) is 6.26. The van der Waals surface area contributed by atoms with Crippen molar-refractivity contribution >= 4 is 22.4 Å². The number of aromatic nitrogens is 4. The first-order chi connectivity index (χ1) is 9.95. The molecule has 1 amide bonds. The largest absolute Gasteiger partial charge is 0.304 e. The highest BCUT2D eigenvalue weighted by Crippen LogP contribution is 2.13. The van der Waals surface area contributed by atoms with Crippen LogP contribution in [-0.2, 0) is 4.79 Å². The molecule has 114 valence electrons. The third-order valence-corrected chi connectivity index (χ3v) is 3.98. The van der Waals surface area contributed by atoms with Gasteiger partial charge in [-0.3, -0.25) is 14.8 Å². The number of amides is 1. The van der Waals surface area contributed by atoms with Gasteiger partial charge in [0.1, 0.15) is 5.01 Å². The Kier molecular flexibility index (Phi) is 5.03. The van der Waals surface area contributed by atoms with Crippen molar-refractivity contribution in [2.24, 2.45) is 0 Å². The molecule has 0 aliphatic carbocycles. The van der Waals surface area contributed by atoms with E-state index in [1.807, 2.05) is 37.8 Å². The Labute approximate surface area is 127 Å². The summed E-state index contributed by atoms with van der Waals surface area (Å²) in [4.78, 5) is 11.8. The van der Waals surface area contributed by atoms with Crippen LogP contribution in [0, 0.1) is 13.8 Å². The maximum atomic E-state index is 11.8. The van der Waals surface area contributed by atoms with Crippen LogP contribution < -0.4 is 10.6 Å². The third-order valence-electron chi connectivity index (χ3n) is 3.23. The molecule has 2 aromatic heterocycles. The van der Waals surface area contributed by atoms with Gasteiger partial charge >= 0.3 is 0 Å². The number of hydrogen-bond donors (Lipinski definition) is 2. The molecule has 2 aromatic rings. The maximum Gasteiger partial charge on any atom is 0.240 e. The minimum atomic E-state index is -0.123. The third kappa shape index (κ3) is 4.33. The van der Waals surface area contributed by atoms with Crippen LogP contribution in [0.5, 0.6) is 0 Å². The van der Waals surface area contributed by atoms with Gasteiger partial charge in [-0.1, -0.05) is 11.3 Å². The van der Waals surface area contributed by atoms with Crippen molar-refractivity contribution in [1.82, 2.24) is 25.3 Å². The lowest BCUT2D eigenvalue weighted by Crippen LogP contribution is -2.39. The molecule has 0 fully saturated rings. The highest BCUT2D eigenvalue weighted by atomic mass is 32.1. The fourth-order valence-corrected chi connectivity index (χ4v) is 2.43. The topological polar surface area (TPSA) is 84.7 Å².